The molecule has 14 heavy (non-hydrogen) atoms. The van der Waals surface area contributed by atoms with Crippen LogP contribution in [-0.4, -0.2) is 11.9 Å². The molecule has 1 aromatic rings. The van der Waals surface area contributed by atoms with Crippen LogP contribution in [0.5, 0.6) is 0 Å². The van der Waals surface area contributed by atoms with E-state index in [9.17, 15) is 8.78 Å². The third-order valence-corrected chi connectivity index (χ3v) is 1.90. The second kappa shape index (κ2) is 5.27. The molecule has 1 unspecified atom stereocenters. The van der Waals surface area contributed by atoms with Crippen LogP contribution in [0.1, 0.15) is 12.5 Å². The van der Waals surface area contributed by atoms with Gasteiger partial charge in [0.2, 0.25) is 0 Å². The summed E-state index contributed by atoms with van der Waals surface area (Å²) in [7, 11) is 0. The van der Waals surface area contributed by atoms with Gasteiger partial charge in [0, 0.05) is 24.0 Å². The monoisotopic (exact) mass is 219 g/mol. The van der Waals surface area contributed by atoms with Crippen molar-refractivity contribution in [3.63, 3.8) is 0 Å². The van der Waals surface area contributed by atoms with Crippen LogP contribution in [0.2, 0.25) is 0 Å². The van der Waals surface area contributed by atoms with Crippen LogP contribution in [0.15, 0.2) is 18.2 Å². The van der Waals surface area contributed by atoms with E-state index in [1.165, 1.54) is 6.07 Å². The molecule has 0 amide bonds. The Bertz CT molecular complexity index is 302. The minimum Gasteiger partial charge on any atom is -0.311 e. The smallest absolute Gasteiger partial charge is 0.127 e. The highest BCUT2D eigenvalue weighted by Gasteiger charge is 2.03. The van der Waals surface area contributed by atoms with Gasteiger partial charge in [-0.25, -0.2) is 8.78 Å². The Kier molecular flexibility index (Phi) is 4.29. The third-order valence-electron chi connectivity index (χ3n) is 1.75. The van der Waals surface area contributed by atoms with Gasteiger partial charge in [-0.05, 0) is 25.1 Å². The lowest BCUT2D eigenvalue weighted by Gasteiger charge is -2.07. The standard InChI is InChI=1S/C10H12ClF2N/c1-7(11)5-14-6-8-4-9(12)2-3-10(8)13/h2-4,7,14H,5-6H2,1H3. The molecule has 0 aromatic heterocycles. The zero-order valence-electron chi connectivity index (χ0n) is 7.86. The fraction of sp³-hybridized carbons (Fsp3) is 0.400. The normalized spacial score (nSPS) is 12.9. The maximum atomic E-state index is 13.1. The highest BCUT2D eigenvalue weighted by Crippen LogP contribution is 2.09. The van der Waals surface area contributed by atoms with Crippen LogP contribution in [0, 0.1) is 11.6 Å². The molecule has 0 aliphatic rings. The quantitative estimate of drug-likeness (QED) is 0.768. The van der Waals surface area contributed by atoms with Crippen molar-refractivity contribution in [3.05, 3.63) is 35.4 Å². The Morgan fingerprint density at radius 2 is 2.14 bits per heavy atom. The van der Waals surface area contributed by atoms with Crippen LogP contribution in [0.3, 0.4) is 0 Å². The summed E-state index contributed by atoms with van der Waals surface area (Å²) in [6.07, 6.45) is 0. The molecule has 0 aliphatic carbocycles. The van der Waals surface area contributed by atoms with E-state index >= 15 is 0 Å². The molecular formula is C10H12ClF2N. The lowest BCUT2D eigenvalue weighted by molar-refractivity contribution is 0.568. The zero-order chi connectivity index (χ0) is 10.6. The minimum absolute atomic E-state index is 0.0216. The van der Waals surface area contributed by atoms with Gasteiger partial charge in [0.25, 0.3) is 0 Å². The van der Waals surface area contributed by atoms with Crippen LogP contribution in [0.25, 0.3) is 0 Å². The van der Waals surface area contributed by atoms with Gasteiger partial charge in [-0.15, -0.1) is 11.6 Å². The van der Waals surface area contributed by atoms with E-state index in [0.717, 1.165) is 12.1 Å². The Hall–Kier alpha value is -0.670. The first-order valence-corrected chi connectivity index (χ1v) is 4.82. The van der Waals surface area contributed by atoms with E-state index in [1.807, 2.05) is 6.92 Å². The van der Waals surface area contributed by atoms with Crippen LogP contribution < -0.4 is 5.32 Å². The van der Waals surface area contributed by atoms with Crippen LogP contribution >= 0.6 is 11.6 Å². The number of hydrogen-bond donors (Lipinski definition) is 1. The molecule has 0 aliphatic heterocycles. The van der Waals surface area contributed by atoms with Crippen molar-refractivity contribution in [3.8, 4) is 0 Å². The fourth-order valence-corrected chi connectivity index (χ4v) is 1.19. The summed E-state index contributed by atoms with van der Waals surface area (Å²) in [5.74, 6) is -0.830. The topological polar surface area (TPSA) is 12.0 Å². The Balaban J connectivity index is 2.53. The SMILES string of the molecule is CC(Cl)CNCc1cc(F)ccc1F. The molecule has 0 saturated heterocycles. The zero-order valence-corrected chi connectivity index (χ0v) is 8.61. The van der Waals surface area contributed by atoms with Gasteiger partial charge in [0.15, 0.2) is 0 Å². The van der Waals surface area contributed by atoms with Crippen molar-refractivity contribution < 1.29 is 8.78 Å². The van der Waals surface area contributed by atoms with E-state index in [0.29, 0.717) is 18.7 Å². The maximum absolute atomic E-state index is 13.1. The summed E-state index contributed by atoms with van der Waals surface area (Å²) in [6.45, 7) is 2.69. The van der Waals surface area contributed by atoms with Gasteiger partial charge >= 0.3 is 0 Å². The van der Waals surface area contributed by atoms with Gasteiger partial charge in [-0.3, -0.25) is 0 Å². The molecule has 0 bridgehead atoms. The van der Waals surface area contributed by atoms with Crippen molar-refractivity contribution in [2.45, 2.75) is 18.8 Å². The summed E-state index contributed by atoms with van der Waals surface area (Å²) in [5.41, 5.74) is 0.322. The highest BCUT2D eigenvalue weighted by molar-refractivity contribution is 6.20. The molecule has 4 heteroatoms. The van der Waals surface area contributed by atoms with Gasteiger partial charge in [-0.2, -0.15) is 0 Å². The van der Waals surface area contributed by atoms with E-state index in [4.69, 9.17) is 11.6 Å². The number of alkyl halides is 1. The van der Waals surface area contributed by atoms with Gasteiger partial charge < -0.3 is 5.32 Å². The average Bonchev–Trinajstić information content (AvgIpc) is 2.10. The first-order chi connectivity index (χ1) is 6.59. The predicted octanol–water partition coefficient (Wildman–Crippen LogP) is 2.68. The minimum atomic E-state index is -0.429. The van der Waals surface area contributed by atoms with E-state index in [2.05, 4.69) is 5.32 Å². The molecule has 0 fully saturated rings. The number of hydrogen-bond acceptors (Lipinski definition) is 1. The summed E-state index contributed by atoms with van der Waals surface area (Å²) < 4.78 is 25.8. The number of benzene rings is 1. The number of nitrogens with one attached hydrogen (secondary N) is 1. The molecule has 0 spiro atoms. The molecule has 0 saturated carbocycles. The van der Waals surface area contributed by atoms with Crippen LogP contribution in [0.4, 0.5) is 8.78 Å². The number of rotatable bonds is 4. The molecule has 0 radical (unpaired) electrons. The summed E-state index contributed by atoms with van der Waals surface area (Å²) >= 11 is 5.68. The molecule has 78 valence electrons. The van der Waals surface area contributed by atoms with E-state index < -0.39 is 11.6 Å². The lowest BCUT2D eigenvalue weighted by atomic mass is 10.2. The first kappa shape index (κ1) is 11.4. The molecule has 1 nitrogen and oxygen atoms in total. The van der Waals surface area contributed by atoms with Gasteiger partial charge in [0.05, 0.1) is 0 Å². The largest absolute Gasteiger partial charge is 0.311 e. The highest BCUT2D eigenvalue weighted by atomic mass is 35.5. The summed E-state index contributed by atoms with van der Waals surface area (Å²) in [4.78, 5) is 0. The second-order valence-corrected chi connectivity index (χ2v) is 3.89. The second-order valence-electron chi connectivity index (χ2n) is 3.15. The van der Waals surface area contributed by atoms with Crippen molar-refractivity contribution in [1.29, 1.82) is 0 Å². The van der Waals surface area contributed by atoms with Crippen LogP contribution in [-0.2, 0) is 6.54 Å². The Labute approximate surface area is 87.1 Å². The number of halogens is 3. The van der Waals surface area contributed by atoms with Gasteiger partial charge in [0.1, 0.15) is 11.6 Å². The van der Waals surface area contributed by atoms with Crippen molar-refractivity contribution in [1.82, 2.24) is 5.32 Å². The average molecular weight is 220 g/mol. The molecule has 0 heterocycles. The van der Waals surface area contributed by atoms with Crippen molar-refractivity contribution in [2.24, 2.45) is 0 Å². The molecule has 1 atom stereocenters. The maximum Gasteiger partial charge on any atom is 0.127 e. The first-order valence-electron chi connectivity index (χ1n) is 4.38. The predicted molar refractivity (Wildman–Crippen MR) is 53.4 cm³/mol. The van der Waals surface area contributed by atoms with E-state index in [1.54, 1.807) is 0 Å². The van der Waals surface area contributed by atoms with Crippen molar-refractivity contribution in [2.75, 3.05) is 6.54 Å². The van der Waals surface area contributed by atoms with E-state index in [-0.39, 0.29) is 5.38 Å². The molecule has 1 rings (SSSR count). The Morgan fingerprint density at radius 3 is 2.79 bits per heavy atom. The summed E-state index contributed by atoms with van der Waals surface area (Å²) in [6, 6.07) is 3.40. The van der Waals surface area contributed by atoms with Gasteiger partial charge in [-0.1, -0.05) is 0 Å². The summed E-state index contributed by atoms with van der Waals surface area (Å²) in [5, 5.41) is 2.91. The van der Waals surface area contributed by atoms with Crippen molar-refractivity contribution >= 4 is 11.6 Å². The third kappa shape index (κ3) is 3.60. The molecule has 1 aromatic carbocycles. The molecule has 1 N–H and O–H groups in total. The molecular weight excluding hydrogens is 208 g/mol. The Morgan fingerprint density at radius 1 is 1.43 bits per heavy atom. The fourth-order valence-electron chi connectivity index (χ4n) is 1.08. The lowest BCUT2D eigenvalue weighted by Crippen LogP contribution is -2.21.